The number of nitrogens with two attached hydrogens (primary N) is 1. The van der Waals surface area contributed by atoms with Crippen LogP contribution in [0.1, 0.15) is 10.4 Å². The molecular formula is C13H10ClN5O2. The molecule has 0 spiro atoms. The Kier molecular flexibility index (Phi) is 3.43. The molecule has 0 saturated heterocycles. The number of rotatable bonds is 3. The van der Waals surface area contributed by atoms with E-state index in [1.165, 1.54) is 12.5 Å². The monoisotopic (exact) mass is 303 g/mol. The van der Waals surface area contributed by atoms with E-state index >= 15 is 0 Å². The fourth-order valence-electron chi connectivity index (χ4n) is 1.80. The van der Waals surface area contributed by atoms with Gasteiger partial charge in [0.05, 0.1) is 10.9 Å². The lowest BCUT2D eigenvalue weighted by Crippen LogP contribution is -2.29. The Morgan fingerprint density at radius 1 is 1.29 bits per heavy atom. The molecule has 0 bridgehead atoms. The van der Waals surface area contributed by atoms with Gasteiger partial charge in [0.25, 0.3) is 5.91 Å². The Labute approximate surface area is 124 Å². The van der Waals surface area contributed by atoms with E-state index in [2.05, 4.69) is 15.3 Å². The number of fused-ring (bicyclic) bond motifs is 1. The zero-order valence-corrected chi connectivity index (χ0v) is 11.4. The average Bonchev–Trinajstić information content (AvgIpc) is 2.92. The molecule has 0 aliphatic carbocycles. The zero-order chi connectivity index (χ0) is 14.8. The molecule has 8 heteroatoms. The van der Waals surface area contributed by atoms with E-state index in [0.29, 0.717) is 22.1 Å². The summed E-state index contributed by atoms with van der Waals surface area (Å²) in [6.45, 7) is 0. The minimum Gasteiger partial charge on any atom is -0.445 e. The fraction of sp³-hybridized carbons (Fsp3) is 0. The molecule has 4 N–H and O–H groups in total. The number of amides is 1. The van der Waals surface area contributed by atoms with Crippen LogP contribution in [0.4, 0.5) is 11.6 Å². The number of benzene rings is 1. The van der Waals surface area contributed by atoms with Gasteiger partial charge >= 0.3 is 0 Å². The van der Waals surface area contributed by atoms with Crippen LogP contribution in [0.3, 0.4) is 0 Å². The van der Waals surface area contributed by atoms with Crippen LogP contribution in [-0.2, 0) is 0 Å². The lowest BCUT2D eigenvalue weighted by Gasteiger charge is -2.04. The molecule has 0 radical (unpaired) electrons. The number of halogens is 1. The maximum absolute atomic E-state index is 11.5. The minimum absolute atomic E-state index is 0.283. The van der Waals surface area contributed by atoms with E-state index in [1.54, 1.807) is 24.3 Å². The first-order valence-electron chi connectivity index (χ1n) is 5.95. The zero-order valence-electron chi connectivity index (χ0n) is 10.6. The molecule has 1 aromatic carbocycles. The molecule has 1 amide bonds. The molecule has 106 valence electrons. The van der Waals surface area contributed by atoms with Gasteiger partial charge in [-0.2, -0.15) is 4.98 Å². The van der Waals surface area contributed by atoms with Gasteiger partial charge in [0.1, 0.15) is 6.26 Å². The van der Waals surface area contributed by atoms with Gasteiger partial charge in [0.15, 0.2) is 0 Å². The summed E-state index contributed by atoms with van der Waals surface area (Å²) < 4.78 is 5.24. The van der Waals surface area contributed by atoms with E-state index in [4.69, 9.17) is 21.9 Å². The van der Waals surface area contributed by atoms with Crippen molar-refractivity contribution in [3.8, 4) is 0 Å². The lowest BCUT2D eigenvalue weighted by atomic mass is 10.2. The van der Waals surface area contributed by atoms with Gasteiger partial charge in [-0.25, -0.2) is 10.8 Å². The molecule has 0 aliphatic heterocycles. The number of carbonyl (C=O) groups is 1. The summed E-state index contributed by atoms with van der Waals surface area (Å²) in [5.41, 5.74) is 3.39. The normalized spacial score (nSPS) is 10.6. The van der Waals surface area contributed by atoms with E-state index in [9.17, 15) is 4.79 Å². The van der Waals surface area contributed by atoms with Crippen LogP contribution in [0.5, 0.6) is 0 Å². The van der Waals surface area contributed by atoms with Crippen LogP contribution in [0.2, 0.25) is 5.02 Å². The van der Waals surface area contributed by atoms with E-state index < -0.39 is 5.91 Å². The lowest BCUT2D eigenvalue weighted by molar-refractivity contribution is 0.0954. The first-order chi connectivity index (χ1) is 10.2. The molecule has 2 heterocycles. The molecule has 0 saturated carbocycles. The summed E-state index contributed by atoms with van der Waals surface area (Å²) in [4.78, 5) is 19.8. The Bertz CT molecular complexity index is 800. The highest BCUT2D eigenvalue weighted by Crippen LogP contribution is 2.21. The summed E-state index contributed by atoms with van der Waals surface area (Å²) in [7, 11) is 0. The molecule has 0 atom stereocenters. The Morgan fingerprint density at radius 2 is 2.05 bits per heavy atom. The fourth-order valence-corrected chi connectivity index (χ4v) is 1.92. The summed E-state index contributed by atoms with van der Waals surface area (Å²) in [5.74, 6) is 4.98. The number of nitrogens with one attached hydrogen (secondary N) is 2. The number of furan rings is 1. The van der Waals surface area contributed by atoms with Crippen LogP contribution in [0.25, 0.3) is 11.1 Å². The number of nitrogens with zero attached hydrogens (tertiary/aromatic N) is 2. The van der Waals surface area contributed by atoms with Crippen LogP contribution in [-0.4, -0.2) is 15.9 Å². The number of aromatic nitrogens is 2. The van der Waals surface area contributed by atoms with Gasteiger partial charge in [0.2, 0.25) is 11.7 Å². The Hall–Kier alpha value is -2.64. The van der Waals surface area contributed by atoms with Crippen molar-refractivity contribution in [2.24, 2.45) is 5.84 Å². The highest BCUT2D eigenvalue weighted by Gasteiger charge is 2.14. The maximum Gasteiger partial charge on any atom is 0.269 e. The molecule has 0 unspecified atom stereocenters. The summed E-state index contributed by atoms with van der Waals surface area (Å²) in [6, 6.07) is 7.09. The average molecular weight is 304 g/mol. The van der Waals surface area contributed by atoms with Crippen molar-refractivity contribution in [1.29, 1.82) is 0 Å². The van der Waals surface area contributed by atoms with E-state index in [0.717, 1.165) is 5.69 Å². The SMILES string of the molecule is NNC(=O)c1coc2nc(Nc3ccc(Cl)cc3)ncc12. The van der Waals surface area contributed by atoms with Crippen molar-refractivity contribution < 1.29 is 9.21 Å². The summed E-state index contributed by atoms with van der Waals surface area (Å²) >= 11 is 5.82. The first kappa shape index (κ1) is 13.3. The summed E-state index contributed by atoms with van der Waals surface area (Å²) in [6.07, 6.45) is 2.78. The van der Waals surface area contributed by atoms with Crippen LogP contribution in [0.15, 0.2) is 41.1 Å². The molecule has 0 fully saturated rings. The third kappa shape index (κ3) is 2.64. The highest BCUT2D eigenvalue weighted by molar-refractivity contribution is 6.30. The first-order valence-corrected chi connectivity index (χ1v) is 6.33. The minimum atomic E-state index is -0.462. The molecule has 2 aromatic heterocycles. The number of carbonyl (C=O) groups excluding carboxylic acids is 1. The van der Waals surface area contributed by atoms with Crippen LogP contribution < -0.4 is 16.6 Å². The van der Waals surface area contributed by atoms with Crippen molar-refractivity contribution >= 4 is 40.2 Å². The van der Waals surface area contributed by atoms with Crippen LogP contribution in [0, 0.1) is 0 Å². The third-order valence-electron chi connectivity index (χ3n) is 2.81. The van der Waals surface area contributed by atoms with Gasteiger partial charge in [-0.3, -0.25) is 10.2 Å². The molecule has 3 aromatic rings. The van der Waals surface area contributed by atoms with Gasteiger partial charge in [-0.1, -0.05) is 11.6 Å². The second kappa shape index (κ2) is 5.39. The molecule has 21 heavy (non-hydrogen) atoms. The number of nitrogen functional groups attached to an aromatic ring is 1. The number of hydrogen-bond donors (Lipinski definition) is 3. The quantitative estimate of drug-likeness (QED) is 0.389. The molecule has 0 aliphatic rings. The van der Waals surface area contributed by atoms with Crippen molar-refractivity contribution in [3.63, 3.8) is 0 Å². The van der Waals surface area contributed by atoms with Crippen molar-refractivity contribution in [3.05, 3.63) is 47.3 Å². The largest absolute Gasteiger partial charge is 0.445 e. The smallest absolute Gasteiger partial charge is 0.269 e. The van der Waals surface area contributed by atoms with Gasteiger partial charge in [0, 0.05) is 16.9 Å². The Morgan fingerprint density at radius 3 is 2.76 bits per heavy atom. The molecule has 3 rings (SSSR count). The van der Waals surface area contributed by atoms with Gasteiger partial charge in [-0.15, -0.1) is 0 Å². The second-order valence-electron chi connectivity index (χ2n) is 4.17. The number of anilines is 2. The van der Waals surface area contributed by atoms with Crippen molar-refractivity contribution in [2.45, 2.75) is 0 Å². The topological polar surface area (TPSA) is 106 Å². The van der Waals surface area contributed by atoms with E-state index in [-0.39, 0.29) is 5.56 Å². The molecular weight excluding hydrogens is 294 g/mol. The van der Waals surface area contributed by atoms with Crippen LogP contribution >= 0.6 is 11.6 Å². The Balaban J connectivity index is 1.91. The second-order valence-corrected chi connectivity index (χ2v) is 4.60. The predicted octanol–water partition coefficient (Wildman–Crippen LogP) is 2.22. The standard InChI is InChI=1S/C13H10ClN5O2/c14-7-1-3-8(4-2-7)17-13-16-5-9-10(11(20)19-15)6-21-12(9)18-13/h1-6H,15H2,(H,19,20)(H,16,17,18). The van der Waals surface area contributed by atoms with Gasteiger partial charge < -0.3 is 9.73 Å². The number of hydrogen-bond acceptors (Lipinski definition) is 6. The summed E-state index contributed by atoms with van der Waals surface area (Å²) in [5, 5.41) is 4.13. The number of hydrazine groups is 1. The third-order valence-corrected chi connectivity index (χ3v) is 3.06. The van der Waals surface area contributed by atoms with Gasteiger partial charge in [-0.05, 0) is 24.3 Å². The predicted molar refractivity (Wildman–Crippen MR) is 78.2 cm³/mol. The van der Waals surface area contributed by atoms with E-state index in [1.807, 2.05) is 5.43 Å². The molecule has 7 nitrogen and oxygen atoms in total. The highest BCUT2D eigenvalue weighted by atomic mass is 35.5. The maximum atomic E-state index is 11.5. The van der Waals surface area contributed by atoms with Crippen molar-refractivity contribution in [2.75, 3.05) is 5.32 Å². The van der Waals surface area contributed by atoms with Crippen molar-refractivity contribution in [1.82, 2.24) is 15.4 Å².